The maximum Gasteiger partial charge on any atom is 0.255 e. The molecule has 1 aliphatic rings. The van der Waals surface area contributed by atoms with Crippen molar-refractivity contribution in [2.45, 2.75) is 19.3 Å². The third-order valence-corrected chi connectivity index (χ3v) is 6.61. The van der Waals surface area contributed by atoms with Crippen molar-refractivity contribution < 1.29 is 14.0 Å². The van der Waals surface area contributed by atoms with Gasteiger partial charge in [-0.2, -0.15) is 0 Å². The molecule has 8 heteroatoms. The lowest BCUT2D eigenvalue weighted by Crippen LogP contribution is -2.50. The van der Waals surface area contributed by atoms with E-state index in [0.29, 0.717) is 32.6 Å². The number of para-hydroxylation sites is 1. The van der Waals surface area contributed by atoms with Gasteiger partial charge in [0.15, 0.2) is 0 Å². The number of halogens is 2. The lowest BCUT2D eigenvalue weighted by atomic mass is 10.1. The molecule has 1 aromatic heterocycles. The molecule has 0 unspecified atom stereocenters. The Morgan fingerprint density at radius 1 is 1.07 bits per heavy atom. The van der Waals surface area contributed by atoms with Gasteiger partial charge in [0.05, 0.1) is 25.8 Å². The minimum atomic E-state index is -0.474. The Morgan fingerprint density at radius 2 is 1.80 bits per heavy atom. The van der Waals surface area contributed by atoms with E-state index in [-0.39, 0.29) is 22.4 Å². The van der Waals surface area contributed by atoms with Crippen molar-refractivity contribution in [3.05, 3.63) is 63.9 Å². The van der Waals surface area contributed by atoms with Gasteiger partial charge in [-0.25, -0.2) is 9.37 Å². The maximum absolute atomic E-state index is 13.2. The van der Waals surface area contributed by atoms with Gasteiger partial charge in [-0.15, -0.1) is 11.3 Å². The van der Waals surface area contributed by atoms with Crippen molar-refractivity contribution in [3.63, 3.8) is 0 Å². The summed E-state index contributed by atoms with van der Waals surface area (Å²) in [5.41, 5.74) is 1.29. The lowest BCUT2D eigenvalue weighted by Gasteiger charge is -2.35. The monoisotopic (exact) mass is 445 g/mol. The first kappa shape index (κ1) is 20.8. The number of amides is 2. The molecular formula is C22H21ClFN3O2S. The fourth-order valence-corrected chi connectivity index (χ4v) is 4.83. The summed E-state index contributed by atoms with van der Waals surface area (Å²) in [5.74, 6) is -0.608. The van der Waals surface area contributed by atoms with Gasteiger partial charge in [0.1, 0.15) is 5.82 Å². The van der Waals surface area contributed by atoms with E-state index < -0.39 is 5.82 Å². The Balaban J connectivity index is 1.25. The summed E-state index contributed by atoms with van der Waals surface area (Å²) in [6.07, 6.45) is 2.00. The Bertz CT molecular complexity index is 1050. The zero-order valence-electron chi connectivity index (χ0n) is 16.3. The second-order valence-corrected chi connectivity index (χ2v) is 8.75. The highest BCUT2D eigenvalue weighted by Gasteiger charge is 2.25. The van der Waals surface area contributed by atoms with Crippen LogP contribution in [0.1, 0.15) is 28.2 Å². The van der Waals surface area contributed by atoms with Crippen molar-refractivity contribution in [3.8, 4) is 0 Å². The van der Waals surface area contributed by atoms with Crippen molar-refractivity contribution in [2.24, 2.45) is 0 Å². The average Bonchev–Trinajstić information content (AvgIpc) is 3.16. The average molecular weight is 446 g/mol. The number of piperazine rings is 1. The van der Waals surface area contributed by atoms with Gasteiger partial charge in [-0.1, -0.05) is 23.7 Å². The molecule has 0 aliphatic carbocycles. The first-order valence-corrected chi connectivity index (χ1v) is 11.1. The smallest absolute Gasteiger partial charge is 0.255 e. The van der Waals surface area contributed by atoms with Gasteiger partial charge in [0, 0.05) is 32.6 Å². The molecule has 0 bridgehead atoms. The van der Waals surface area contributed by atoms with E-state index in [9.17, 15) is 14.0 Å². The van der Waals surface area contributed by atoms with E-state index in [4.69, 9.17) is 11.6 Å². The van der Waals surface area contributed by atoms with Crippen LogP contribution in [0, 0.1) is 5.82 Å². The van der Waals surface area contributed by atoms with E-state index in [1.165, 1.54) is 16.8 Å². The molecule has 0 N–H and O–H groups in total. The van der Waals surface area contributed by atoms with Gasteiger partial charge in [-0.05, 0) is 43.2 Å². The van der Waals surface area contributed by atoms with Crippen LogP contribution in [-0.2, 0) is 11.2 Å². The number of fused-ring (bicyclic) bond motifs is 1. The molecule has 1 aliphatic heterocycles. The predicted octanol–water partition coefficient (Wildman–Crippen LogP) is 4.40. The Kier molecular flexibility index (Phi) is 6.29. The fraction of sp³-hybridized carbons (Fsp3) is 0.318. The highest BCUT2D eigenvalue weighted by molar-refractivity contribution is 7.18. The van der Waals surface area contributed by atoms with Crippen LogP contribution in [0.3, 0.4) is 0 Å². The molecular weight excluding hydrogens is 425 g/mol. The number of thiazole rings is 1. The highest BCUT2D eigenvalue weighted by atomic mass is 35.5. The summed E-state index contributed by atoms with van der Waals surface area (Å²) in [6.45, 7) is 1.86. The van der Waals surface area contributed by atoms with Crippen LogP contribution in [0.4, 0.5) is 4.39 Å². The molecule has 3 aromatic rings. The number of hydrogen-bond acceptors (Lipinski definition) is 4. The standard InChI is InChI=1S/C22H21ClFN3O2S/c23-17-14-15(24)8-9-16(17)22(29)27-12-10-26(11-13-27)21(28)7-3-6-20-25-18-4-1-2-5-19(18)30-20/h1-2,4-5,8-9,14H,3,6-7,10-13H2. The number of benzene rings is 2. The molecule has 5 nitrogen and oxygen atoms in total. The van der Waals surface area contributed by atoms with E-state index in [1.54, 1.807) is 21.1 Å². The molecule has 0 radical (unpaired) electrons. The van der Waals surface area contributed by atoms with Crippen LogP contribution < -0.4 is 0 Å². The maximum atomic E-state index is 13.2. The first-order valence-electron chi connectivity index (χ1n) is 9.88. The number of rotatable bonds is 5. The summed E-state index contributed by atoms with van der Waals surface area (Å²) in [6, 6.07) is 11.8. The molecule has 156 valence electrons. The number of hydrogen-bond donors (Lipinski definition) is 0. The predicted molar refractivity (Wildman–Crippen MR) is 116 cm³/mol. The van der Waals surface area contributed by atoms with Gasteiger partial charge < -0.3 is 9.80 Å². The molecule has 2 aromatic carbocycles. The van der Waals surface area contributed by atoms with Crippen LogP contribution in [0.15, 0.2) is 42.5 Å². The molecule has 0 saturated carbocycles. The molecule has 1 fully saturated rings. The quantitative estimate of drug-likeness (QED) is 0.585. The van der Waals surface area contributed by atoms with Crippen LogP contribution in [0.2, 0.25) is 5.02 Å². The summed E-state index contributed by atoms with van der Waals surface area (Å²) in [4.78, 5) is 33.2. The van der Waals surface area contributed by atoms with Crippen molar-refractivity contribution in [1.29, 1.82) is 0 Å². The van der Waals surface area contributed by atoms with Crippen LogP contribution in [0.5, 0.6) is 0 Å². The largest absolute Gasteiger partial charge is 0.339 e. The molecule has 2 heterocycles. The molecule has 2 amide bonds. The summed E-state index contributed by atoms with van der Waals surface area (Å²) >= 11 is 7.67. The van der Waals surface area contributed by atoms with Crippen LogP contribution in [-0.4, -0.2) is 52.8 Å². The van der Waals surface area contributed by atoms with Crippen molar-refractivity contribution in [2.75, 3.05) is 26.2 Å². The second kappa shape index (κ2) is 9.10. The van der Waals surface area contributed by atoms with Crippen molar-refractivity contribution >= 4 is 45.0 Å². The second-order valence-electron chi connectivity index (χ2n) is 7.23. The highest BCUT2D eigenvalue weighted by Crippen LogP contribution is 2.23. The lowest BCUT2D eigenvalue weighted by molar-refractivity contribution is -0.132. The summed E-state index contributed by atoms with van der Waals surface area (Å²) in [7, 11) is 0. The third-order valence-electron chi connectivity index (χ3n) is 5.20. The SMILES string of the molecule is O=C(CCCc1nc2ccccc2s1)N1CCN(C(=O)c2ccc(F)cc2Cl)CC1. The van der Waals surface area contributed by atoms with Crippen LogP contribution in [0.25, 0.3) is 10.2 Å². The zero-order chi connectivity index (χ0) is 21.1. The normalized spacial score (nSPS) is 14.3. The summed E-state index contributed by atoms with van der Waals surface area (Å²) in [5, 5.41) is 1.16. The zero-order valence-corrected chi connectivity index (χ0v) is 17.9. The molecule has 30 heavy (non-hydrogen) atoms. The molecule has 0 atom stereocenters. The number of aromatic nitrogens is 1. The van der Waals surface area contributed by atoms with Gasteiger partial charge in [0.25, 0.3) is 5.91 Å². The fourth-order valence-electron chi connectivity index (χ4n) is 3.57. The van der Waals surface area contributed by atoms with E-state index in [0.717, 1.165) is 29.4 Å². The number of carbonyl (C=O) groups is 2. The van der Waals surface area contributed by atoms with Gasteiger partial charge in [-0.3, -0.25) is 9.59 Å². The number of nitrogens with zero attached hydrogens (tertiary/aromatic N) is 3. The Labute approximate surface area is 183 Å². The van der Waals surface area contributed by atoms with E-state index in [1.807, 2.05) is 18.2 Å². The Hall–Kier alpha value is -2.51. The van der Waals surface area contributed by atoms with Crippen molar-refractivity contribution in [1.82, 2.24) is 14.8 Å². The summed E-state index contributed by atoms with van der Waals surface area (Å²) < 4.78 is 14.4. The van der Waals surface area contributed by atoms with E-state index in [2.05, 4.69) is 11.1 Å². The molecule has 0 spiro atoms. The first-order chi connectivity index (χ1) is 14.5. The minimum absolute atomic E-state index is 0.100. The number of carbonyl (C=O) groups excluding carboxylic acids is 2. The van der Waals surface area contributed by atoms with Gasteiger partial charge >= 0.3 is 0 Å². The van der Waals surface area contributed by atoms with E-state index >= 15 is 0 Å². The van der Waals surface area contributed by atoms with Gasteiger partial charge in [0.2, 0.25) is 5.91 Å². The molecule has 4 rings (SSSR count). The number of aryl methyl sites for hydroxylation is 1. The third kappa shape index (κ3) is 4.63. The van der Waals surface area contributed by atoms with Crippen LogP contribution >= 0.6 is 22.9 Å². The topological polar surface area (TPSA) is 53.5 Å². The minimum Gasteiger partial charge on any atom is -0.339 e. The molecule has 1 saturated heterocycles. The Morgan fingerprint density at radius 3 is 2.53 bits per heavy atom.